The average Bonchev–Trinajstić information content (AvgIpc) is 2.27. The first-order valence-electron chi connectivity index (χ1n) is 5.73. The molecule has 1 rings (SSSR count). The lowest BCUT2D eigenvalue weighted by molar-refractivity contribution is -0.119. The number of rotatable bonds is 5. The Morgan fingerprint density at radius 1 is 1.47 bits per heavy atom. The molecule has 7 heteroatoms. The lowest BCUT2D eigenvalue weighted by atomic mass is 10.1. The number of carbonyl (C=O) groups is 1. The first-order chi connectivity index (χ1) is 8.68. The molecule has 106 valence electrons. The summed E-state index contributed by atoms with van der Waals surface area (Å²) in [7, 11) is -3.64. The van der Waals surface area contributed by atoms with Crippen LogP contribution in [0.2, 0.25) is 5.02 Å². The topological polar surface area (TPSA) is 80.5 Å². The molecule has 0 heterocycles. The third-order valence-electron chi connectivity index (χ3n) is 2.76. The van der Waals surface area contributed by atoms with Gasteiger partial charge in [0.05, 0.1) is 11.9 Å². The quantitative estimate of drug-likeness (QED) is 0.898. The van der Waals surface area contributed by atoms with E-state index in [0.717, 1.165) is 10.6 Å². The van der Waals surface area contributed by atoms with Crippen molar-refractivity contribution in [3.8, 4) is 0 Å². The molecule has 0 aliphatic heterocycles. The highest BCUT2D eigenvalue weighted by Gasteiger charge is 2.30. The summed E-state index contributed by atoms with van der Waals surface area (Å²) in [6, 6.07) is 3.95. The predicted molar refractivity (Wildman–Crippen MR) is 76.8 cm³/mol. The minimum atomic E-state index is -3.64. The van der Waals surface area contributed by atoms with Gasteiger partial charge in [0, 0.05) is 5.02 Å². The van der Waals surface area contributed by atoms with Gasteiger partial charge >= 0.3 is 0 Å². The normalized spacial score (nSPS) is 13.1. The van der Waals surface area contributed by atoms with Crippen molar-refractivity contribution >= 4 is 33.2 Å². The van der Waals surface area contributed by atoms with E-state index < -0.39 is 22.0 Å². The molecule has 0 radical (unpaired) electrons. The highest BCUT2D eigenvalue weighted by Crippen LogP contribution is 2.28. The van der Waals surface area contributed by atoms with Crippen LogP contribution in [0.25, 0.3) is 0 Å². The average molecular weight is 305 g/mol. The Balaban J connectivity index is 3.49. The predicted octanol–water partition coefficient (Wildman–Crippen LogP) is 1.68. The summed E-state index contributed by atoms with van der Waals surface area (Å²) in [6.45, 7) is 3.45. The van der Waals surface area contributed by atoms with Gasteiger partial charge < -0.3 is 5.73 Å². The standard InChI is InChI=1S/C12H17ClN2O3S/c1-4-10(12(14)16)15(19(3,17)18)11-7-9(13)6-5-8(11)2/h5-7,10H,4H2,1-3H3,(H2,14,16)/t10-/m1/s1. The SMILES string of the molecule is CC[C@H](C(N)=O)N(c1cc(Cl)ccc1C)S(C)(=O)=O. The number of carbonyl (C=O) groups excluding carboxylic acids is 1. The molecule has 1 amide bonds. The molecule has 0 saturated carbocycles. The van der Waals surface area contributed by atoms with Crippen LogP contribution in [0.5, 0.6) is 0 Å². The largest absolute Gasteiger partial charge is 0.368 e. The Morgan fingerprint density at radius 3 is 2.47 bits per heavy atom. The molecule has 1 atom stereocenters. The highest BCUT2D eigenvalue weighted by molar-refractivity contribution is 7.92. The molecule has 1 aromatic carbocycles. The lowest BCUT2D eigenvalue weighted by Gasteiger charge is -2.30. The van der Waals surface area contributed by atoms with Crippen LogP contribution >= 0.6 is 11.6 Å². The number of sulfonamides is 1. The van der Waals surface area contributed by atoms with Gasteiger partial charge in [-0.3, -0.25) is 9.10 Å². The van der Waals surface area contributed by atoms with Crippen LogP contribution in [-0.4, -0.2) is 26.6 Å². The minimum absolute atomic E-state index is 0.286. The zero-order valence-electron chi connectivity index (χ0n) is 11.1. The van der Waals surface area contributed by atoms with Crippen LogP contribution in [0.1, 0.15) is 18.9 Å². The Kier molecular flexibility index (Phi) is 4.81. The van der Waals surface area contributed by atoms with Crippen molar-refractivity contribution in [1.82, 2.24) is 0 Å². The molecule has 0 aliphatic carbocycles. The smallest absolute Gasteiger partial charge is 0.241 e. The van der Waals surface area contributed by atoms with Crippen LogP contribution < -0.4 is 10.0 Å². The first kappa shape index (κ1) is 15.8. The van der Waals surface area contributed by atoms with E-state index in [4.69, 9.17) is 17.3 Å². The summed E-state index contributed by atoms with van der Waals surface area (Å²) < 4.78 is 25.0. The summed E-state index contributed by atoms with van der Waals surface area (Å²) in [5.41, 5.74) is 6.37. The van der Waals surface area contributed by atoms with Crippen LogP contribution in [0.3, 0.4) is 0 Å². The maximum atomic E-state index is 12.0. The third kappa shape index (κ3) is 3.61. The molecule has 2 N–H and O–H groups in total. The highest BCUT2D eigenvalue weighted by atomic mass is 35.5. The molecular formula is C12H17ClN2O3S. The van der Waals surface area contributed by atoms with Gasteiger partial charge in [-0.25, -0.2) is 8.42 Å². The number of halogens is 1. The zero-order chi connectivity index (χ0) is 14.8. The van der Waals surface area contributed by atoms with Gasteiger partial charge in [-0.1, -0.05) is 24.6 Å². The van der Waals surface area contributed by atoms with Gasteiger partial charge in [0.2, 0.25) is 15.9 Å². The number of nitrogens with zero attached hydrogens (tertiary/aromatic N) is 1. The molecule has 0 bridgehead atoms. The number of amides is 1. The van der Waals surface area contributed by atoms with Gasteiger partial charge in [0.1, 0.15) is 6.04 Å². The van der Waals surface area contributed by atoms with Gasteiger partial charge in [-0.05, 0) is 31.0 Å². The Morgan fingerprint density at radius 2 is 2.05 bits per heavy atom. The van der Waals surface area contributed by atoms with Crippen molar-refractivity contribution in [1.29, 1.82) is 0 Å². The Hall–Kier alpha value is -1.27. The van der Waals surface area contributed by atoms with Crippen LogP contribution in [0, 0.1) is 6.92 Å². The van der Waals surface area contributed by atoms with Crippen molar-refractivity contribution in [3.63, 3.8) is 0 Å². The van der Waals surface area contributed by atoms with Crippen LogP contribution in [-0.2, 0) is 14.8 Å². The number of benzene rings is 1. The van der Waals surface area contributed by atoms with Crippen molar-refractivity contribution in [2.75, 3.05) is 10.6 Å². The molecule has 0 spiro atoms. The van der Waals surface area contributed by atoms with E-state index in [1.54, 1.807) is 26.0 Å². The van der Waals surface area contributed by atoms with E-state index in [0.29, 0.717) is 16.3 Å². The van der Waals surface area contributed by atoms with Crippen LogP contribution in [0.15, 0.2) is 18.2 Å². The molecule has 1 aromatic rings. The van der Waals surface area contributed by atoms with Crippen molar-refractivity contribution in [2.45, 2.75) is 26.3 Å². The Bertz CT molecular complexity index is 587. The lowest BCUT2D eigenvalue weighted by Crippen LogP contribution is -2.47. The number of primary amides is 1. The second-order valence-electron chi connectivity index (χ2n) is 4.32. The number of anilines is 1. The molecule has 0 unspecified atom stereocenters. The van der Waals surface area contributed by atoms with Crippen molar-refractivity contribution < 1.29 is 13.2 Å². The number of hydrogen-bond donors (Lipinski definition) is 1. The molecule has 0 aromatic heterocycles. The third-order valence-corrected chi connectivity index (χ3v) is 4.16. The number of aryl methyl sites for hydroxylation is 1. The maximum Gasteiger partial charge on any atom is 0.241 e. The summed E-state index contributed by atoms with van der Waals surface area (Å²) in [6.07, 6.45) is 1.33. The fourth-order valence-electron chi connectivity index (χ4n) is 1.88. The van der Waals surface area contributed by atoms with E-state index in [1.807, 2.05) is 0 Å². The summed E-state index contributed by atoms with van der Waals surface area (Å²) in [5, 5.41) is 0.397. The van der Waals surface area contributed by atoms with Gasteiger partial charge in [-0.15, -0.1) is 0 Å². The second-order valence-corrected chi connectivity index (χ2v) is 6.61. The van der Waals surface area contributed by atoms with E-state index in [9.17, 15) is 13.2 Å². The zero-order valence-corrected chi connectivity index (χ0v) is 12.6. The van der Waals surface area contributed by atoms with Crippen molar-refractivity contribution in [2.24, 2.45) is 5.73 Å². The van der Waals surface area contributed by atoms with Crippen LogP contribution in [0.4, 0.5) is 5.69 Å². The fraction of sp³-hybridized carbons (Fsp3) is 0.417. The molecular weight excluding hydrogens is 288 g/mol. The van der Waals surface area contributed by atoms with Gasteiger partial charge in [0.15, 0.2) is 0 Å². The first-order valence-corrected chi connectivity index (χ1v) is 7.96. The molecule has 19 heavy (non-hydrogen) atoms. The van der Waals surface area contributed by atoms with E-state index in [2.05, 4.69) is 0 Å². The van der Waals surface area contributed by atoms with Gasteiger partial charge in [-0.2, -0.15) is 0 Å². The van der Waals surface area contributed by atoms with E-state index in [-0.39, 0.29) is 6.42 Å². The summed E-state index contributed by atoms with van der Waals surface area (Å²) in [5.74, 6) is -0.688. The van der Waals surface area contributed by atoms with Gasteiger partial charge in [0.25, 0.3) is 0 Å². The summed E-state index contributed by atoms with van der Waals surface area (Å²) >= 11 is 5.90. The number of nitrogens with two attached hydrogens (primary N) is 1. The number of hydrogen-bond acceptors (Lipinski definition) is 3. The molecule has 0 saturated heterocycles. The fourth-order valence-corrected chi connectivity index (χ4v) is 3.32. The summed E-state index contributed by atoms with van der Waals surface area (Å²) in [4.78, 5) is 11.5. The van der Waals surface area contributed by atoms with E-state index >= 15 is 0 Å². The Labute approximate surface area is 118 Å². The molecule has 5 nitrogen and oxygen atoms in total. The second kappa shape index (κ2) is 5.79. The van der Waals surface area contributed by atoms with Crippen molar-refractivity contribution in [3.05, 3.63) is 28.8 Å². The maximum absolute atomic E-state index is 12.0. The van der Waals surface area contributed by atoms with E-state index in [1.165, 1.54) is 6.07 Å². The minimum Gasteiger partial charge on any atom is -0.368 e. The molecule has 0 fully saturated rings. The monoisotopic (exact) mass is 304 g/mol. The molecule has 0 aliphatic rings.